The quantitative estimate of drug-likeness (QED) is 0.553. The minimum absolute atomic E-state index is 0.0208. The van der Waals surface area contributed by atoms with Crippen molar-refractivity contribution in [2.24, 2.45) is 5.92 Å². The molecule has 0 radical (unpaired) electrons. The zero-order chi connectivity index (χ0) is 25.0. The molecule has 2 amide bonds. The Morgan fingerprint density at radius 2 is 1.77 bits per heavy atom. The maximum atomic E-state index is 14.0. The van der Waals surface area contributed by atoms with Crippen molar-refractivity contribution in [1.29, 1.82) is 0 Å². The molecule has 0 aromatic heterocycles. The molecule has 35 heavy (non-hydrogen) atoms. The fourth-order valence-electron chi connectivity index (χ4n) is 4.43. The van der Waals surface area contributed by atoms with Crippen LogP contribution in [-0.4, -0.2) is 69.6 Å². The lowest BCUT2D eigenvalue weighted by Gasteiger charge is -2.35. The van der Waals surface area contributed by atoms with E-state index in [4.69, 9.17) is 0 Å². The summed E-state index contributed by atoms with van der Waals surface area (Å²) in [5.41, 5.74) is 0.875. The Kier molecular flexibility index (Phi) is 7.66. The first-order valence-corrected chi connectivity index (χ1v) is 13.2. The molecular formula is C24H28F2N4O4S. The molecule has 0 aliphatic carbocycles. The van der Waals surface area contributed by atoms with Crippen molar-refractivity contribution in [2.75, 3.05) is 54.8 Å². The third kappa shape index (κ3) is 5.96. The molecule has 2 aromatic rings. The Bertz CT molecular complexity index is 1190. The van der Waals surface area contributed by atoms with Crippen LogP contribution in [0.3, 0.4) is 0 Å². The molecule has 11 heteroatoms. The van der Waals surface area contributed by atoms with E-state index in [9.17, 15) is 26.8 Å². The molecule has 8 nitrogen and oxygen atoms in total. The number of carbonyl (C=O) groups excluding carboxylic acids is 2. The van der Waals surface area contributed by atoms with Crippen molar-refractivity contribution in [3.8, 4) is 0 Å². The van der Waals surface area contributed by atoms with E-state index < -0.39 is 21.8 Å². The number of hydrogen-bond donors (Lipinski definition) is 1. The number of rotatable bonds is 8. The molecule has 0 saturated carbocycles. The van der Waals surface area contributed by atoms with E-state index in [1.165, 1.54) is 33.5 Å². The zero-order valence-electron chi connectivity index (χ0n) is 19.2. The first kappa shape index (κ1) is 25.1. The number of carbonyl (C=O) groups is 2. The van der Waals surface area contributed by atoms with E-state index in [0.717, 1.165) is 0 Å². The maximum absolute atomic E-state index is 14.0. The monoisotopic (exact) mass is 506 g/mol. The number of halogens is 2. The predicted octanol–water partition coefficient (Wildman–Crippen LogP) is 1.98. The highest BCUT2D eigenvalue weighted by molar-refractivity contribution is 7.89. The first-order chi connectivity index (χ1) is 16.7. The smallest absolute Gasteiger partial charge is 0.227 e. The average molecular weight is 507 g/mol. The molecule has 1 N–H and O–H groups in total. The normalized spacial score (nSPS) is 19.3. The van der Waals surface area contributed by atoms with Crippen molar-refractivity contribution in [3.05, 3.63) is 60.2 Å². The summed E-state index contributed by atoms with van der Waals surface area (Å²) in [5, 5.41) is 2.71. The van der Waals surface area contributed by atoms with Crippen molar-refractivity contribution in [1.82, 2.24) is 9.62 Å². The van der Waals surface area contributed by atoms with E-state index in [2.05, 4.69) is 5.32 Å². The number of anilines is 2. The topological polar surface area (TPSA) is 90.0 Å². The van der Waals surface area contributed by atoms with Gasteiger partial charge in [0.1, 0.15) is 11.6 Å². The fourth-order valence-corrected chi connectivity index (χ4v) is 5.92. The molecule has 0 bridgehead atoms. The fraction of sp³-hybridized carbons (Fsp3) is 0.417. The summed E-state index contributed by atoms with van der Waals surface area (Å²) in [6, 6.07) is 12.1. The van der Waals surface area contributed by atoms with Gasteiger partial charge >= 0.3 is 0 Å². The number of sulfonamides is 1. The van der Waals surface area contributed by atoms with Crippen LogP contribution in [0.25, 0.3) is 0 Å². The van der Waals surface area contributed by atoms with Crippen LogP contribution in [0.4, 0.5) is 20.2 Å². The molecule has 2 aliphatic heterocycles. The minimum Gasteiger partial charge on any atom is -0.367 e. The van der Waals surface area contributed by atoms with Gasteiger partial charge in [0.25, 0.3) is 0 Å². The minimum atomic E-state index is -3.51. The van der Waals surface area contributed by atoms with E-state index in [-0.39, 0.29) is 62.4 Å². The number of piperazine rings is 1. The second kappa shape index (κ2) is 10.7. The van der Waals surface area contributed by atoms with Crippen LogP contribution in [-0.2, 0) is 19.6 Å². The Balaban J connectivity index is 1.20. The summed E-state index contributed by atoms with van der Waals surface area (Å²) in [7, 11) is -3.51. The first-order valence-electron chi connectivity index (χ1n) is 11.6. The van der Waals surface area contributed by atoms with Gasteiger partial charge in [-0.15, -0.1) is 0 Å². The molecule has 2 aromatic carbocycles. The van der Waals surface area contributed by atoms with E-state index in [0.29, 0.717) is 24.5 Å². The van der Waals surface area contributed by atoms with Gasteiger partial charge in [-0.05, 0) is 36.8 Å². The summed E-state index contributed by atoms with van der Waals surface area (Å²) in [6.07, 6.45) is 0.253. The van der Waals surface area contributed by atoms with Gasteiger partial charge in [-0.2, -0.15) is 4.31 Å². The summed E-state index contributed by atoms with van der Waals surface area (Å²) in [5.74, 6) is -2.07. The number of nitrogens with zero attached hydrogens (tertiary/aromatic N) is 3. The van der Waals surface area contributed by atoms with Crippen LogP contribution in [0.1, 0.15) is 12.8 Å². The highest BCUT2D eigenvalue weighted by Crippen LogP contribution is 2.26. The molecule has 2 fully saturated rings. The molecule has 1 atom stereocenters. The number of nitrogens with one attached hydrogen (secondary N) is 1. The second-order valence-electron chi connectivity index (χ2n) is 8.68. The Labute approximate surface area is 203 Å². The Morgan fingerprint density at radius 1 is 1.03 bits per heavy atom. The molecule has 2 aliphatic rings. The van der Waals surface area contributed by atoms with Crippen molar-refractivity contribution >= 4 is 33.2 Å². The number of para-hydroxylation sites is 1. The molecular weight excluding hydrogens is 478 g/mol. The third-order valence-electron chi connectivity index (χ3n) is 6.32. The van der Waals surface area contributed by atoms with Gasteiger partial charge < -0.3 is 15.1 Å². The third-order valence-corrected chi connectivity index (χ3v) is 8.28. The van der Waals surface area contributed by atoms with Crippen LogP contribution in [0.15, 0.2) is 48.5 Å². The number of amides is 2. The van der Waals surface area contributed by atoms with Crippen molar-refractivity contribution in [3.63, 3.8) is 0 Å². The summed E-state index contributed by atoms with van der Waals surface area (Å²) < 4.78 is 54.3. The molecule has 188 valence electrons. The lowest BCUT2D eigenvalue weighted by atomic mass is 10.1. The van der Waals surface area contributed by atoms with Crippen LogP contribution < -0.4 is 15.1 Å². The Hall–Kier alpha value is -3.05. The highest BCUT2D eigenvalue weighted by Gasteiger charge is 2.35. The molecule has 0 spiro atoms. The molecule has 2 heterocycles. The van der Waals surface area contributed by atoms with Crippen LogP contribution >= 0.6 is 0 Å². The molecule has 1 unspecified atom stereocenters. The van der Waals surface area contributed by atoms with Crippen LogP contribution in [0.5, 0.6) is 0 Å². The van der Waals surface area contributed by atoms with Gasteiger partial charge in [-0.1, -0.05) is 18.2 Å². The van der Waals surface area contributed by atoms with Gasteiger partial charge in [0.2, 0.25) is 21.8 Å². The Morgan fingerprint density at radius 3 is 2.49 bits per heavy atom. The van der Waals surface area contributed by atoms with E-state index in [1.807, 2.05) is 4.90 Å². The lowest BCUT2D eigenvalue weighted by molar-refractivity contribution is -0.126. The lowest BCUT2D eigenvalue weighted by Crippen LogP contribution is -2.49. The second-order valence-corrected chi connectivity index (χ2v) is 10.8. The molecule has 4 rings (SSSR count). The van der Waals surface area contributed by atoms with Gasteiger partial charge in [0.05, 0.1) is 17.4 Å². The van der Waals surface area contributed by atoms with Crippen LogP contribution in [0.2, 0.25) is 0 Å². The molecule has 2 saturated heterocycles. The predicted molar refractivity (Wildman–Crippen MR) is 128 cm³/mol. The van der Waals surface area contributed by atoms with Gasteiger partial charge in [-0.25, -0.2) is 17.2 Å². The van der Waals surface area contributed by atoms with E-state index in [1.54, 1.807) is 24.3 Å². The van der Waals surface area contributed by atoms with Gasteiger partial charge in [0, 0.05) is 51.4 Å². The summed E-state index contributed by atoms with van der Waals surface area (Å²) in [4.78, 5) is 28.0. The largest absolute Gasteiger partial charge is 0.367 e. The zero-order valence-corrected chi connectivity index (χ0v) is 20.0. The van der Waals surface area contributed by atoms with Crippen molar-refractivity contribution < 1.29 is 26.8 Å². The van der Waals surface area contributed by atoms with Gasteiger partial charge in [0.15, 0.2) is 0 Å². The van der Waals surface area contributed by atoms with E-state index >= 15 is 0 Å². The number of benzene rings is 2. The highest BCUT2D eigenvalue weighted by atomic mass is 32.2. The SMILES string of the molecule is O=C(NCCCS(=O)(=O)N1CCN(c2ccccc2F)CC1)C1CC(=O)N(c2cccc(F)c2)C1. The van der Waals surface area contributed by atoms with Gasteiger partial charge in [-0.3, -0.25) is 9.59 Å². The summed E-state index contributed by atoms with van der Waals surface area (Å²) >= 11 is 0. The average Bonchev–Trinajstić information content (AvgIpc) is 3.24. The van der Waals surface area contributed by atoms with Crippen molar-refractivity contribution in [2.45, 2.75) is 12.8 Å². The van der Waals surface area contributed by atoms with Crippen LogP contribution in [0, 0.1) is 17.6 Å². The standard InChI is InChI=1S/C24H28F2N4O4S/c25-19-5-3-6-20(16-19)30-17-18(15-23(30)31)24(32)27-9-4-14-35(33,34)29-12-10-28(11-13-29)22-8-2-1-7-21(22)26/h1-3,5-8,16,18H,4,9-15,17H2,(H,27,32). The number of hydrogen-bond acceptors (Lipinski definition) is 5. The summed E-state index contributed by atoms with van der Waals surface area (Å²) in [6.45, 7) is 1.64. The maximum Gasteiger partial charge on any atom is 0.227 e.